The van der Waals surface area contributed by atoms with Crippen molar-refractivity contribution in [2.24, 2.45) is 0 Å². The van der Waals surface area contributed by atoms with Gasteiger partial charge in [0.1, 0.15) is 29.1 Å². The Morgan fingerprint density at radius 3 is 2.53 bits per heavy atom. The molecule has 5 rings (SSSR count). The summed E-state index contributed by atoms with van der Waals surface area (Å²) in [6.45, 7) is 4.35. The van der Waals surface area contributed by atoms with Crippen molar-refractivity contribution >= 4 is 28.9 Å². The Labute approximate surface area is 218 Å². The zero-order valence-electron chi connectivity index (χ0n) is 20.9. The highest BCUT2D eigenvalue weighted by atomic mass is 16.2. The number of hydrogen-bond donors (Lipinski definition) is 4. The fourth-order valence-electron chi connectivity index (χ4n) is 4.69. The minimum absolute atomic E-state index is 0.0641. The lowest BCUT2D eigenvalue weighted by atomic mass is 9.99. The molecule has 4 aromatic rings. The molecule has 0 aliphatic heterocycles. The first-order valence-electron chi connectivity index (χ1n) is 12.2. The molecule has 38 heavy (non-hydrogen) atoms. The summed E-state index contributed by atoms with van der Waals surface area (Å²) < 4.78 is 0. The molecule has 0 saturated heterocycles. The van der Waals surface area contributed by atoms with Gasteiger partial charge < -0.3 is 21.7 Å². The van der Waals surface area contributed by atoms with Crippen molar-refractivity contribution in [1.29, 1.82) is 0 Å². The van der Waals surface area contributed by atoms with Crippen LogP contribution in [0.5, 0.6) is 0 Å². The number of aryl methyl sites for hydroxylation is 1. The number of nitrogen functional groups attached to an aromatic ring is 1. The molecule has 10 heteroatoms. The molecule has 1 aliphatic rings. The first-order valence-corrected chi connectivity index (χ1v) is 12.2. The van der Waals surface area contributed by atoms with Gasteiger partial charge in [-0.2, -0.15) is 0 Å². The van der Waals surface area contributed by atoms with E-state index in [1.165, 1.54) is 29.1 Å². The van der Waals surface area contributed by atoms with E-state index in [9.17, 15) is 19.2 Å². The van der Waals surface area contributed by atoms with E-state index < -0.39 is 16.8 Å². The lowest BCUT2D eigenvalue weighted by Gasteiger charge is -2.15. The van der Waals surface area contributed by atoms with Gasteiger partial charge in [-0.3, -0.25) is 19.2 Å². The van der Waals surface area contributed by atoms with Gasteiger partial charge in [-0.25, -0.2) is 9.97 Å². The standard InChI is InChI=1S/C28H26N6O4/c1-14-6-7-19-18(15(14)2)8-9-20(19)34-28(38)22-11-21(31-13-32-22)27(37)30-12-16-4-3-5-17(10-16)33-24-23(29)25(35)26(24)36/h3-7,10-11,13,20,33H,8-9,12,29H2,1-2H3,(H,30,37)(H,34,38)/t20-/m0/s1. The van der Waals surface area contributed by atoms with E-state index in [1.54, 1.807) is 24.3 Å². The number of anilines is 3. The molecule has 0 fully saturated rings. The maximum Gasteiger partial charge on any atom is 0.270 e. The number of rotatable bonds is 7. The number of nitrogens with two attached hydrogens (primary N) is 1. The molecule has 1 aromatic heterocycles. The van der Waals surface area contributed by atoms with Crippen LogP contribution in [0.4, 0.5) is 17.1 Å². The van der Waals surface area contributed by atoms with Crippen LogP contribution < -0.4 is 32.5 Å². The van der Waals surface area contributed by atoms with Gasteiger partial charge in [0.25, 0.3) is 22.7 Å². The van der Waals surface area contributed by atoms with Gasteiger partial charge in [0.2, 0.25) is 0 Å². The van der Waals surface area contributed by atoms with Crippen molar-refractivity contribution < 1.29 is 9.59 Å². The Bertz CT molecular complexity index is 1650. The van der Waals surface area contributed by atoms with Crippen LogP contribution in [0.25, 0.3) is 0 Å². The first-order chi connectivity index (χ1) is 18.2. The summed E-state index contributed by atoms with van der Waals surface area (Å²) in [5, 5.41) is 8.64. The highest BCUT2D eigenvalue weighted by molar-refractivity contribution is 5.97. The van der Waals surface area contributed by atoms with Crippen molar-refractivity contribution in [2.45, 2.75) is 39.3 Å². The molecule has 192 valence electrons. The second-order valence-electron chi connectivity index (χ2n) is 9.38. The van der Waals surface area contributed by atoms with Crippen LogP contribution in [0.2, 0.25) is 0 Å². The summed E-state index contributed by atoms with van der Waals surface area (Å²) in [6, 6.07) is 12.4. The third-order valence-electron chi connectivity index (χ3n) is 7.00. The predicted octanol–water partition coefficient (Wildman–Crippen LogP) is 2.36. The fourth-order valence-corrected chi connectivity index (χ4v) is 4.69. The van der Waals surface area contributed by atoms with Crippen molar-refractivity contribution in [3.63, 3.8) is 0 Å². The number of fused-ring (bicyclic) bond motifs is 1. The molecule has 0 unspecified atom stereocenters. The quantitative estimate of drug-likeness (QED) is 0.276. The van der Waals surface area contributed by atoms with Gasteiger partial charge in [-0.05, 0) is 66.6 Å². The molecular formula is C28H26N6O4. The van der Waals surface area contributed by atoms with E-state index >= 15 is 0 Å². The largest absolute Gasteiger partial charge is 0.394 e. The number of benzene rings is 2. The Morgan fingerprint density at radius 1 is 1.00 bits per heavy atom. The average molecular weight is 511 g/mol. The number of nitrogens with zero attached hydrogens (tertiary/aromatic N) is 2. The predicted molar refractivity (Wildman–Crippen MR) is 143 cm³/mol. The van der Waals surface area contributed by atoms with Crippen molar-refractivity contribution in [3.05, 3.63) is 108 Å². The van der Waals surface area contributed by atoms with Crippen LogP contribution in [0, 0.1) is 13.8 Å². The average Bonchev–Trinajstić information content (AvgIpc) is 3.35. The maximum atomic E-state index is 12.9. The van der Waals surface area contributed by atoms with E-state index in [-0.39, 0.29) is 41.3 Å². The minimum Gasteiger partial charge on any atom is -0.394 e. The lowest BCUT2D eigenvalue weighted by molar-refractivity contribution is 0.0931. The van der Waals surface area contributed by atoms with E-state index in [4.69, 9.17) is 5.73 Å². The van der Waals surface area contributed by atoms with E-state index in [0.717, 1.165) is 24.0 Å². The SMILES string of the molecule is Cc1ccc2c(c1C)CC[C@@H]2NC(=O)c1cc(C(=O)NCc2cccc(Nc3c(N)c(=O)c3=O)c2)ncn1. The third kappa shape index (κ3) is 4.63. The normalized spacial score (nSPS) is 14.2. The van der Waals surface area contributed by atoms with Crippen molar-refractivity contribution in [1.82, 2.24) is 20.6 Å². The summed E-state index contributed by atoms with van der Waals surface area (Å²) >= 11 is 0. The molecule has 5 N–H and O–H groups in total. The smallest absolute Gasteiger partial charge is 0.270 e. The molecule has 1 aliphatic carbocycles. The monoisotopic (exact) mass is 510 g/mol. The Morgan fingerprint density at radius 2 is 1.76 bits per heavy atom. The number of carbonyl (C=O) groups excluding carboxylic acids is 2. The molecule has 0 radical (unpaired) electrons. The molecule has 1 heterocycles. The molecule has 10 nitrogen and oxygen atoms in total. The molecule has 0 spiro atoms. The molecular weight excluding hydrogens is 484 g/mol. The minimum atomic E-state index is -0.702. The summed E-state index contributed by atoms with van der Waals surface area (Å²) in [6.07, 6.45) is 2.91. The first kappa shape index (κ1) is 24.8. The number of carbonyl (C=O) groups is 2. The lowest BCUT2D eigenvalue weighted by Crippen LogP contribution is -2.36. The number of nitrogens with one attached hydrogen (secondary N) is 3. The van der Waals surface area contributed by atoms with Crippen LogP contribution in [0.1, 0.15) is 61.3 Å². The Balaban J connectivity index is 1.22. The molecule has 0 bridgehead atoms. The molecule has 2 amide bonds. The van der Waals surface area contributed by atoms with Crippen LogP contribution in [0.3, 0.4) is 0 Å². The number of amides is 2. The second-order valence-corrected chi connectivity index (χ2v) is 9.38. The van der Waals surface area contributed by atoms with Gasteiger partial charge in [-0.15, -0.1) is 0 Å². The summed E-state index contributed by atoms with van der Waals surface area (Å²) in [5.41, 5.74) is 10.5. The topological polar surface area (TPSA) is 156 Å². The van der Waals surface area contributed by atoms with E-state index in [1.807, 2.05) is 0 Å². The third-order valence-corrected chi connectivity index (χ3v) is 7.00. The van der Waals surface area contributed by atoms with Crippen LogP contribution in [-0.4, -0.2) is 21.8 Å². The molecule has 0 saturated carbocycles. The highest BCUT2D eigenvalue weighted by Crippen LogP contribution is 2.34. The number of hydrogen-bond acceptors (Lipinski definition) is 8. The van der Waals surface area contributed by atoms with Crippen LogP contribution in [-0.2, 0) is 13.0 Å². The van der Waals surface area contributed by atoms with E-state index in [0.29, 0.717) is 5.69 Å². The van der Waals surface area contributed by atoms with Crippen molar-refractivity contribution in [2.75, 3.05) is 11.1 Å². The second kappa shape index (κ2) is 9.89. The summed E-state index contributed by atoms with van der Waals surface area (Å²) in [4.78, 5) is 56.7. The van der Waals surface area contributed by atoms with Crippen LogP contribution >= 0.6 is 0 Å². The van der Waals surface area contributed by atoms with Gasteiger partial charge in [0.15, 0.2) is 0 Å². The molecule has 1 atom stereocenters. The van der Waals surface area contributed by atoms with Gasteiger partial charge in [-0.1, -0.05) is 24.3 Å². The summed E-state index contributed by atoms with van der Waals surface area (Å²) in [5.74, 6) is -0.835. The van der Waals surface area contributed by atoms with Crippen LogP contribution in [0.15, 0.2) is 58.4 Å². The van der Waals surface area contributed by atoms with E-state index in [2.05, 4.69) is 51.9 Å². The Kier molecular flexibility index (Phi) is 6.46. The number of aromatic nitrogens is 2. The molecule has 3 aromatic carbocycles. The van der Waals surface area contributed by atoms with Gasteiger partial charge >= 0.3 is 0 Å². The maximum absolute atomic E-state index is 12.9. The zero-order valence-corrected chi connectivity index (χ0v) is 20.9. The summed E-state index contributed by atoms with van der Waals surface area (Å²) in [7, 11) is 0. The highest BCUT2D eigenvalue weighted by Gasteiger charge is 2.26. The fraction of sp³-hybridized carbons (Fsp3) is 0.214. The Hall–Kier alpha value is -4.86. The van der Waals surface area contributed by atoms with Crippen molar-refractivity contribution in [3.8, 4) is 0 Å². The van der Waals surface area contributed by atoms with Gasteiger partial charge in [0.05, 0.1) is 6.04 Å². The zero-order chi connectivity index (χ0) is 27.0. The van der Waals surface area contributed by atoms with Gasteiger partial charge in [0, 0.05) is 18.3 Å².